The predicted molar refractivity (Wildman–Crippen MR) is 45.0 cm³/mol. The van der Waals surface area contributed by atoms with Crippen molar-refractivity contribution in [3.63, 3.8) is 0 Å². The molecule has 0 atom stereocenters. The Kier molecular flexibility index (Phi) is 1.98. The summed E-state index contributed by atoms with van der Waals surface area (Å²) >= 11 is 0. The minimum absolute atomic E-state index is 0.0805. The van der Waals surface area contributed by atoms with Crippen LogP contribution < -0.4 is 14.2 Å². The second-order valence-electron chi connectivity index (χ2n) is 2.68. The molecule has 0 fully saturated rings. The van der Waals surface area contributed by atoms with Crippen molar-refractivity contribution in [1.82, 2.24) is 0 Å². The summed E-state index contributed by atoms with van der Waals surface area (Å²) in [6.07, 6.45) is 0. The molecule has 4 heteroatoms. The molecular weight excluding hydrogens is 172 g/mol. The SMILES string of the molecule is COc1cc(CO)c2c(c1)OCO2. The van der Waals surface area contributed by atoms with E-state index in [9.17, 15) is 0 Å². The third-order valence-electron chi connectivity index (χ3n) is 1.93. The van der Waals surface area contributed by atoms with Crippen LogP contribution in [0.2, 0.25) is 0 Å². The molecule has 4 nitrogen and oxygen atoms in total. The van der Waals surface area contributed by atoms with Crippen molar-refractivity contribution < 1.29 is 19.3 Å². The van der Waals surface area contributed by atoms with E-state index in [1.165, 1.54) is 0 Å². The second kappa shape index (κ2) is 3.14. The van der Waals surface area contributed by atoms with E-state index in [2.05, 4.69) is 0 Å². The zero-order valence-electron chi connectivity index (χ0n) is 7.24. The van der Waals surface area contributed by atoms with Gasteiger partial charge < -0.3 is 19.3 Å². The normalized spacial score (nSPS) is 13.1. The maximum absolute atomic E-state index is 9.03. The van der Waals surface area contributed by atoms with Gasteiger partial charge in [0.25, 0.3) is 0 Å². The minimum Gasteiger partial charge on any atom is -0.497 e. The number of hydrogen-bond acceptors (Lipinski definition) is 4. The molecule has 0 saturated carbocycles. The Bertz CT molecular complexity index is 322. The summed E-state index contributed by atoms with van der Waals surface area (Å²) in [6.45, 7) is 0.123. The van der Waals surface area contributed by atoms with E-state index in [0.717, 1.165) is 0 Å². The Morgan fingerprint density at radius 2 is 2.31 bits per heavy atom. The smallest absolute Gasteiger partial charge is 0.231 e. The van der Waals surface area contributed by atoms with Crippen LogP contribution in [0.3, 0.4) is 0 Å². The number of rotatable bonds is 2. The molecule has 0 aliphatic carbocycles. The third kappa shape index (κ3) is 1.29. The van der Waals surface area contributed by atoms with Crippen molar-refractivity contribution in [2.45, 2.75) is 6.61 Å². The van der Waals surface area contributed by atoms with Crippen LogP contribution in [0.25, 0.3) is 0 Å². The standard InChI is InChI=1S/C9H10O4/c1-11-7-2-6(4-10)9-8(3-7)12-5-13-9/h2-3,10H,4-5H2,1H3. The number of hydrogen-bond donors (Lipinski definition) is 1. The van der Waals surface area contributed by atoms with E-state index in [4.69, 9.17) is 19.3 Å². The Balaban J connectivity index is 2.49. The van der Waals surface area contributed by atoms with Crippen LogP contribution in [0.4, 0.5) is 0 Å². The maximum Gasteiger partial charge on any atom is 0.231 e. The molecule has 2 rings (SSSR count). The summed E-state index contributed by atoms with van der Waals surface area (Å²) in [7, 11) is 1.57. The van der Waals surface area contributed by atoms with Crippen molar-refractivity contribution >= 4 is 0 Å². The maximum atomic E-state index is 9.03. The zero-order chi connectivity index (χ0) is 9.26. The lowest BCUT2D eigenvalue weighted by molar-refractivity contribution is 0.171. The van der Waals surface area contributed by atoms with E-state index >= 15 is 0 Å². The summed E-state index contributed by atoms with van der Waals surface area (Å²) in [5.41, 5.74) is 0.687. The molecule has 1 heterocycles. The van der Waals surface area contributed by atoms with Gasteiger partial charge in [-0.2, -0.15) is 0 Å². The van der Waals surface area contributed by atoms with Gasteiger partial charge in [0, 0.05) is 11.6 Å². The molecule has 0 bridgehead atoms. The lowest BCUT2D eigenvalue weighted by atomic mass is 10.2. The fourth-order valence-electron chi connectivity index (χ4n) is 1.29. The van der Waals surface area contributed by atoms with E-state index < -0.39 is 0 Å². The largest absolute Gasteiger partial charge is 0.497 e. The first kappa shape index (κ1) is 8.19. The van der Waals surface area contributed by atoms with Gasteiger partial charge >= 0.3 is 0 Å². The Hall–Kier alpha value is -1.42. The van der Waals surface area contributed by atoms with Crippen molar-refractivity contribution in [2.75, 3.05) is 13.9 Å². The van der Waals surface area contributed by atoms with E-state index in [1.807, 2.05) is 0 Å². The van der Waals surface area contributed by atoms with E-state index in [1.54, 1.807) is 19.2 Å². The van der Waals surface area contributed by atoms with Gasteiger partial charge in [-0.25, -0.2) is 0 Å². The molecule has 70 valence electrons. The third-order valence-corrected chi connectivity index (χ3v) is 1.93. The molecular formula is C9H10O4. The van der Waals surface area contributed by atoms with Crippen LogP contribution in [-0.2, 0) is 6.61 Å². The molecule has 0 amide bonds. The van der Waals surface area contributed by atoms with Gasteiger partial charge in [0.2, 0.25) is 6.79 Å². The zero-order valence-corrected chi connectivity index (χ0v) is 7.24. The lowest BCUT2D eigenvalue weighted by Crippen LogP contribution is -1.94. The quantitative estimate of drug-likeness (QED) is 0.738. The van der Waals surface area contributed by atoms with Crippen molar-refractivity contribution in [2.24, 2.45) is 0 Å². The summed E-state index contributed by atoms with van der Waals surface area (Å²) in [5, 5.41) is 9.03. The van der Waals surface area contributed by atoms with E-state index in [0.29, 0.717) is 22.8 Å². The van der Waals surface area contributed by atoms with Gasteiger partial charge in [-0.3, -0.25) is 0 Å². The van der Waals surface area contributed by atoms with Gasteiger partial charge in [-0.15, -0.1) is 0 Å². The van der Waals surface area contributed by atoms with Gasteiger partial charge in [-0.05, 0) is 6.07 Å². The molecule has 1 aliphatic rings. The topological polar surface area (TPSA) is 47.9 Å². The Morgan fingerprint density at radius 3 is 3.00 bits per heavy atom. The number of aliphatic hydroxyl groups is 1. The Labute approximate surface area is 75.7 Å². The van der Waals surface area contributed by atoms with E-state index in [-0.39, 0.29) is 13.4 Å². The summed E-state index contributed by atoms with van der Waals surface area (Å²) in [6, 6.07) is 3.47. The second-order valence-corrected chi connectivity index (χ2v) is 2.68. The molecule has 0 radical (unpaired) electrons. The van der Waals surface area contributed by atoms with Crippen LogP contribution in [0.15, 0.2) is 12.1 Å². The summed E-state index contributed by atoms with van der Waals surface area (Å²) < 4.78 is 15.4. The molecule has 1 aromatic carbocycles. The van der Waals surface area contributed by atoms with Crippen LogP contribution in [0.5, 0.6) is 17.2 Å². The summed E-state index contributed by atoms with van der Waals surface area (Å²) in [5.74, 6) is 1.90. The highest BCUT2D eigenvalue weighted by Gasteiger charge is 2.18. The summed E-state index contributed by atoms with van der Waals surface area (Å²) in [4.78, 5) is 0. The number of fused-ring (bicyclic) bond motifs is 1. The first-order valence-corrected chi connectivity index (χ1v) is 3.92. The molecule has 0 unspecified atom stereocenters. The van der Waals surface area contributed by atoms with Gasteiger partial charge in [0.1, 0.15) is 5.75 Å². The van der Waals surface area contributed by atoms with Crippen LogP contribution in [0.1, 0.15) is 5.56 Å². The Morgan fingerprint density at radius 1 is 1.46 bits per heavy atom. The molecule has 13 heavy (non-hydrogen) atoms. The highest BCUT2D eigenvalue weighted by molar-refractivity contribution is 5.52. The fourth-order valence-corrected chi connectivity index (χ4v) is 1.29. The highest BCUT2D eigenvalue weighted by atomic mass is 16.7. The number of benzene rings is 1. The van der Waals surface area contributed by atoms with Gasteiger partial charge in [-0.1, -0.05) is 0 Å². The molecule has 1 N–H and O–H groups in total. The average Bonchev–Trinajstić information content (AvgIpc) is 2.63. The van der Waals surface area contributed by atoms with Crippen molar-refractivity contribution in [3.8, 4) is 17.2 Å². The average molecular weight is 182 g/mol. The number of methoxy groups -OCH3 is 1. The lowest BCUT2D eigenvalue weighted by Gasteiger charge is -2.05. The molecule has 0 spiro atoms. The van der Waals surface area contributed by atoms with Gasteiger partial charge in [0.15, 0.2) is 11.5 Å². The number of ether oxygens (including phenoxy) is 3. The van der Waals surface area contributed by atoms with Crippen LogP contribution in [0, 0.1) is 0 Å². The first-order chi connectivity index (χ1) is 6.35. The van der Waals surface area contributed by atoms with Crippen molar-refractivity contribution in [3.05, 3.63) is 17.7 Å². The monoisotopic (exact) mass is 182 g/mol. The molecule has 0 saturated heterocycles. The minimum atomic E-state index is -0.0805. The first-order valence-electron chi connectivity index (χ1n) is 3.92. The molecule has 0 aromatic heterocycles. The fraction of sp³-hybridized carbons (Fsp3) is 0.333. The van der Waals surface area contributed by atoms with Crippen LogP contribution >= 0.6 is 0 Å². The van der Waals surface area contributed by atoms with Crippen molar-refractivity contribution in [1.29, 1.82) is 0 Å². The number of aliphatic hydroxyl groups excluding tert-OH is 1. The molecule has 1 aromatic rings. The highest BCUT2D eigenvalue weighted by Crippen LogP contribution is 2.39. The van der Waals surface area contributed by atoms with Gasteiger partial charge in [0.05, 0.1) is 13.7 Å². The molecule has 1 aliphatic heterocycles. The predicted octanol–water partition coefficient (Wildman–Crippen LogP) is 0.916. The van der Waals surface area contributed by atoms with Crippen LogP contribution in [-0.4, -0.2) is 19.0 Å².